The van der Waals surface area contributed by atoms with Crippen molar-refractivity contribution >= 4 is 11.0 Å². The minimum Gasteiger partial charge on any atom is -0.483 e. The molecule has 0 aliphatic carbocycles. The molecule has 22 heavy (non-hydrogen) atoms. The molecule has 0 bridgehead atoms. The summed E-state index contributed by atoms with van der Waals surface area (Å²) in [5.74, 6) is 1.88. The Balaban J connectivity index is 1.96. The van der Waals surface area contributed by atoms with Crippen molar-refractivity contribution in [1.29, 1.82) is 0 Å². The number of imidazole rings is 1. The summed E-state index contributed by atoms with van der Waals surface area (Å²) in [5.41, 5.74) is 3.41. The molecule has 0 saturated heterocycles. The standard InChI is InChI=1S/C19H22N2O/c1-4-12-21-18-11-6-5-10-17(18)20-19(21)15(3)22-16-9-7-8-14(2)13-16/h5-11,13,15H,4,12H2,1-3H3/t15-/m1/s1. The van der Waals surface area contributed by atoms with Gasteiger partial charge in [-0.05, 0) is 50.1 Å². The Morgan fingerprint density at radius 1 is 1.14 bits per heavy atom. The molecule has 3 aromatic rings. The normalized spacial score (nSPS) is 12.5. The first kappa shape index (κ1) is 14.6. The lowest BCUT2D eigenvalue weighted by Gasteiger charge is -2.16. The third kappa shape index (κ3) is 2.84. The Bertz CT molecular complexity index is 776. The fraction of sp³-hybridized carbons (Fsp3) is 0.316. The Hall–Kier alpha value is -2.29. The van der Waals surface area contributed by atoms with Gasteiger partial charge in [0.2, 0.25) is 0 Å². The highest BCUT2D eigenvalue weighted by Crippen LogP contribution is 2.25. The predicted molar refractivity (Wildman–Crippen MR) is 90.2 cm³/mol. The molecule has 0 radical (unpaired) electrons. The average molecular weight is 294 g/mol. The number of para-hydroxylation sites is 2. The molecule has 2 aromatic carbocycles. The van der Waals surface area contributed by atoms with Crippen LogP contribution in [-0.4, -0.2) is 9.55 Å². The third-order valence-corrected chi connectivity index (χ3v) is 3.80. The smallest absolute Gasteiger partial charge is 0.153 e. The van der Waals surface area contributed by atoms with Crippen LogP contribution in [0.5, 0.6) is 5.75 Å². The zero-order valence-corrected chi connectivity index (χ0v) is 13.4. The Morgan fingerprint density at radius 2 is 1.95 bits per heavy atom. The van der Waals surface area contributed by atoms with Gasteiger partial charge in [-0.3, -0.25) is 0 Å². The fourth-order valence-corrected chi connectivity index (χ4v) is 2.81. The molecule has 1 aromatic heterocycles. The quantitative estimate of drug-likeness (QED) is 0.669. The average Bonchev–Trinajstić information content (AvgIpc) is 2.87. The maximum absolute atomic E-state index is 6.11. The van der Waals surface area contributed by atoms with Gasteiger partial charge in [-0.2, -0.15) is 0 Å². The number of hydrogen-bond donors (Lipinski definition) is 0. The Labute approximate surface area is 131 Å². The van der Waals surface area contributed by atoms with Gasteiger partial charge in [-0.15, -0.1) is 0 Å². The van der Waals surface area contributed by atoms with Crippen LogP contribution < -0.4 is 4.74 Å². The molecule has 114 valence electrons. The number of benzene rings is 2. The van der Waals surface area contributed by atoms with Gasteiger partial charge in [0.15, 0.2) is 11.9 Å². The minimum absolute atomic E-state index is 0.0826. The molecule has 0 unspecified atom stereocenters. The zero-order valence-electron chi connectivity index (χ0n) is 13.4. The van der Waals surface area contributed by atoms with E-state index in [1.54, 1.807) is 0 Å². The number of hydrogen-bond acceptors (Lipinski definition) is 2. The van der Waals surface area contributed by atoms with E-state index in [9.17, 15) is 0 Å². The molecular weight excluding hydrogens is 272 g/mol. The van der Waals surface area contributed by atoms with Gasteiger partial charge in [0.05, 0.1) is 11.0 Å². The molecule has 3 heteroatoms. The first-order chi connectivity index (χ1) is 10.7. The fourth-order valence-electron chi connectivity index (χ4n) is 2.81. The molecule has 3 nitrogen and oxygen atoms in total. The summed E-state index contributed by atoms with van der Waals surface area (Å²) in [4.78, 5) is 4.79. The van der Waals surface area contributed by atoms with Crippen LogP contribution in [-0.2, 0) is 6.54 Å². The minimum atomic E-state index is -0.0826. The predicted octanol–water partition coefficient (Wildman–Crippen LogP) is 4.89. The molecule has 0 aliphatic rings. The summed E-state index contributed by atoms with van der Waals surface area (Å²) in [7, 11) is 0. The zero-order chi connectivity index (χ0) is 15.5. The highest BCUT2D eigenvalue weighted by Gasteiger charge is 2.17. The number of rotatable bonds is 5. The van der Waals surface area contributed by atoms with E-state index in [1.165, 1.54) is 11.1 Å². The maximum atomic E-state index is 6.11. The number of aromatic nitrogens is 2. The second-order valence-corrected chi connectivity index (χ2v) is 5.69. The van der Waals surface area contributed by atoms with Gasteiger partial charge in [-0.1, -0.05) is 31.2 Å². The van der Waals surface area contributed by atoms with E-state index in [-0.39, 0.29) is 6.10 Å². The van der Waals surface area contributed by atoms with Crippen molar-refractivity contribution in [2.45, 2.75) is 39.8 Å². The number of fused-ring (bicyclic) bond motifs is 1. The van der Waals surface area contributed by atoms with Crippen molar-refractivity contribution in [1.82, 2.24) is 9.55 Å². The van der Waals surface area contributed by atoms with Crippen molar-refractivity contribution in [3.63, 3.8) is 0 Å². The third-order valence-electron chi connectivity index (χ3n) is 3.80. The lowest BCUT2D eigenvalue weighted by atomic mass is 10.2. The lowest BCUT2D eigenvalue weighted by molar-refractivity contribution is 0.211. The summed E-state index contributed by atoms with van der Waals surface area (Å²) < 4.78 is 8.39. The van der Waals surface area contributed by atoms with Crippen LogP contribution in [0, 0.1) is 6.92 Å². The molecule has 0 spiro atoms. The van der Waals surface area contributed by atoms with Gasteiger partial charge in [0.25, 0.3) is 0 Å². The SMILES string of the molecule is CCCn1c([C@@H](C)Oc2cccc(C)c2)nc2ccccc21. The highest BCUT2D eigenvalue weighted by molar-refractivity contribution is 5.76. The van der Waals surface area contributed by atoms with E-state index < -0.39 is 0 Å². The second-order valence-electron chi connectivity index (χ2n) is 5.69. The molecule has 0 N–H and O–H groups in total. The van der Waals surface area contributed by atoms with Crippen molar-refractivity contribution in [3.05, 3.63) is 59.9 Å². The van der Waals surface area contributed by atoms with E-state index in [2.05, 4.69) is 55.7 Å². The van der Waals surface area contributed by atoms with Crippen molar-refractivity contribution in [3.8, 4) is 5.75 Å². The first-order valence-electron chi connectivity index (χ1n) is 7.87. The van der Waals surface area contributed by atoms with E-state index in [1.807, 2.05) is 18.2 Å². The maximum Gasteiger partial charge on any atom is 0.153 e. The molecular formula is C19H22N2O. The van der Waals surface area contributed by atoms with Crippen LogP contribution in [0.4, 0.5) is 0 Å². The molecule has 0 aliphatic heterocycles. The molecule has 3 rings (SSSR count). The number of ether oxygens (including phenoxy) is 1. The van der Waals surface area contributed by atoms with Crippen molar-refractivity contribution < 1.29 is 4.74 Å². The number of nitrogens with zero attached hydrogens (tertiary/aromatic N) is 2. The monoisotopic (exact) mass is 294 g/mol. The van der Waals surface area contributed by atoms with E-state index in [4.69, 9.17) is 9.72 Å². The van der Waals surface area contributed by atoms with Gasteiger partial charge in [-0.25, -0.2) is 4.98 Å². The van der Waals surface area contributed by atoms with E-state index in [0.717, 1.165) is 30.1 Å². The first-order valence-corrected chi connectivity index (χ1v) is 7.87. The van der Waals surface area contributed by atoms with Gasteiger partial charge in [0.1, 0.15) is 5.75 Å². The highest BCUT2D eigenvalue weighted by atomic mass is 16.5. The van der Waals surface area contributed by atoms with Crippen LogP contribution >= 0.6 is 0 Å². The molecule has 1 heterocycles. The van der Waals surface area contributed by atoms with Crippen LogP contribution in [0.3, 0.4) is 0 Å². The van der Waals surface area contributed by atoms with Crippen LogP contribution in [0.2, 0.25) is 0 Å². The molecule has 1 atom stereocenters. The van der Waals surface area contributed by atoms with Gasteiger partial charge in [0, 0.05) is 6.54 Å². The van der Waals surface area contributed by atoms with Gasteiger partial charge >= 0.3 is 0 Å². The van der Waals surface area contributed by atoms with Crippen LogP contribution in [0.25, 0.3) is 11.0 Å². The number of aryl methyl sites for hydroxylation is 2. The topological polar surface area (TPSA) is 27.1 Å². The second kappa shape index (κ2) is 6.22. The van der Waals surface area contributed by atoms with E-state index in [0.29, 0.717) is 0 Å². The van der Waals surface area contributed by atoms with Crippen LogP contribution in [0.1, 0.15) is 37.8 Å². The van der Waals surface area contributed by atoms with Crippen molar-refractivity contribution in [2.75, 3.05) is 0 Å². The molecule has 0 amide bonds. The molecule has 0 fully saturated rings. The Kier molecular flexibility index (Phi) is 4.14. The lowest BCUT2D eigenvalue weighted by Crippen LogP contribution is -2.12. The van der Waals surface area contributed by atoms with Crippen molar-refractivity contribution in [2.24, 2.45) is 0 Å². The summed E-state index contributed by atoms with van der Waals surface area (Å²) in [6, 6.07) is 16.4. The summed E-state index contributed by atoms with van der Waals surface area (Å²) in [6.07, 6.45) is 0.991. The largest absolute Gasteiger partial charge is 0.483 e. The Morgan fingerprint density at radius 3 is 2.73 bits per heavy atom. The summed E-state index contributed by atoms with van der Waals surface area (Å²) in [6.45, 7) is 7.28. The summed E-state index contributed by atoms with van der Waals surface area (Å²) >= 11 is 0. The van der Waals surface area contributed by atoms with Crippen LogP contribution in [0.15, 0.2) is 48.5 Å². The van der Waals surface area contributed by atoms with E-state index >= 15 is 0 Å². The van der Waals surface area contributed by atoms with Gasteiger partial charge < -0.3 is 9.30 Å². The molecule has 0 saturated carbocycles. The summed E-state index contributed by atoms with van der Waals surface area (Å²) in [5, 5.41) is 0.